The molecule has 0 saturated heterocycles. The van der Waals surface area contributed by atoms with Gasteiger partial charge in [-0.05, 0) is 48.2 Å². The third-order valence-electron chi connectivity index (χ3n) is 6.17. The molecule has 0 fully saturated rings. The number of nitrogens with two attached hydrogens (primary N) is 1. The minimum Gasteiger partial charge on any atom is -0.497 e. The molecule has 0 aromatic heterocycles. The maximum absolute atomic E-state index is 13.1. The summed E-state index contributed by atoms with van der Waals surface area (Å²) in [7, 11) is -0.595. The fourth-order valence-corrected chi connectivity index (χ4v) is 5.34. The summed E-state index contributed by atoms with van der Waals surface area (Å²) in [5, 5.41) is 3.31. The highest BCUT2D eigenvalue weighted by molar-refractivity contribution is 7.91. The molecule has 8 nitrogen and oxygen atoms in total. The van der Waals surface area contributed by atoms with Crippen molar-refractivity contribution in [1.29, 1.82) is 0 Å². The quantitative estimate of drug-likeness (QED) is 0.283. The van der Waals surface area contributed by atoms with E-state index in [1.165, 1.54) is 19.2 Å². The van der Waals surface area contributed by atoms with Gasteiger partial charge in [-0.1, -0.05) is 60.7 Å². The minimum atomic E-state index is -3.57. The van der Waals surface area contributed by atoms with Crippen LogP contribution in [-0.4, -0.2) is 59.2 Å². The van der Waals surface area contributed by atoms with Gasteiger partial charge in [-0.15, -0.1) is 0 Å². The van der Waals surface area contributed by atoms with E-state index < -0.39 is 34.1 Å². The molecule has 0 spiro atoms. The molecule has 204 valence electrons. The average Bonchev–Trinajstić information content (AvgIpc) is 2.94. The highest BCUT2D eigenvalue weighted by Crippen LogP contribution is 2.16. The number of hydrogen-bond donors (Lipinski definition) is 2. The van der Waals surface area contributed by atoms with Gasteiger partial charge >= 0.3 is 5.97 Å². The second-order valence-electron chi connectivity index (χ2n) is 8.96. The summed E-state index contributed by atoms with van der Waals surface area (Å²) in [5.41, 5.74) is 8.54. The molecule has 0 bridgehead atoms. The van der Waals surface area contributed by atoms with Gasteiger partial charge in [-0.25, -0.2) is 13.2 Å². The Labute approximate surface area is 225 Å². The van der Waals surface area contributed by atoms with Crippen molar-refractivity contribution in [3.05, 3.63) is 96.1 Å². The van der Waals surface area contributed by atoms with Crippen molar-refractivity contribution < 1.29 is 27.4 Å². The first-order valence-electron chi connectivity index (χ1n) is 12.5. The number of methoxy groups -OCH3 is 2. The van der Waals surface area contributed by atoms with Crippen LogP contribution >= 0.6 is 0 Å². The van der Waals surface area contributed by atoms with E-state index in [9.17, 15) is 13.2 Å². The van der Waals surface area contributed by atoms with E-state index in [-0.39, 0.29) is 17.1 Å². The van der Waals surface area contributed by atoms with Crippen LogP contribution in [-0.2, 0) is 37.1 Å². The van der Waals surface area contributed by atoms with Crippen molar-refractivity contribution in [3.8, 4) is 5.75 Å². The first-order chi connectivity index (χ1) is 18.3. The van der Waals surface area contributed by atoms with Gasteiger partial charge in [0.1, 0.15) is 11.9 Å². The normalized spacial score (nSPS) is 13.9. The zero-order valence-electron chi connectivity index (χ0n) is 21.8. The van der Waals surface area contributed by atoms with Gasteiger partial charge in [-0.2, -0.15) is 0 Å². The number of carbonyl (C=O) groups excluding carboxylic acids is 1. The molecule has 3 N–H and O–H groups in total. The van der Waals surface area contributed by atoms with Gasteiger partial charge in [0.05, 0.1) is 17.8 Å². The number of hydrogen-bond acceptors (Lipinski definition) is 8. The van der Waals surface area contributed by atoms with Crippen LogP contribution in [0.1, 0.15) is 17.5 Å². The van der Waals surface area contributed by atoms with Crippen molar-refractivity contribution in [1.82, 2.24) is 5.32 Å². The summed E-state index contributed by atoms with van der Waals surface area (Å²) >= 11 is 0. The van der Waals surface area contributed by atoms with Crippen LogP contribution in [0.5, 0.6) is 5.75 Å². The summed E-state index contributed by atoms with van der Waals surface area (Å²) in [5.74, 6) is -0.145. The van der Waals surface area contributed by atoms with Crippen LogP contribution in [0.25, 0.3) is 0 Å². The summed E-state index contributed by atoms with van der Waals surface area (Å²) < 4.78 is 41.8. The van der Waals surface area contributed by atoms with E-state index in [0.717, 1.165) is 16.9 Å². The molecule has 9 heteroatoms. The van der Waals surface area contributed by atoms with Crippen LogP contribution in [0.2, 0.25) is 0 Å². The Morgan fingerprint density at radius 2 is 1.58 bits per heavy atom. The molecule has 0 aliphatic carbocycles. The number of carbonyl (C=O) groups is 1. The van der Waals surface area contributed by atoms with E-state index in [2.05, 4.69) is 5.32 Å². The molecule has 38 heavy (non-hydrogen) atoms. The standard InChI is InChI=1S/C29H36N2O6S/c1-35-24-13-9-12-23(18-24)20-31-21-28(26(30)19-22-10-5-3-6-11-22)37-29(32)27(36-2)16-17-38(33,34)25-14-7-4-8-15-25/h3-15,18,26-28,31H,16-17,19-21,30H2,1-2H3/t26?,27-,28?/m0/s1. The Morgan fingerprint density at radius 1 is 0.921 bits per heavy atom. The molecule has 3 aromatic carbocycles. The van der Waals surface area contributed by atoms with Crippen LogP contribution in [0.15, 0.2) is 89.8 Å². The molecule has 2 unspecified atom stereocenters. The predicted molar refractivity (Wildman–Crippen MR) is 147 cm³/mol. The number of rotatable bonds is 15. The van der Waals surface area contributed by atoms with E-state index >= 15 is 0 Å². The third-order valence-corrected chi connectivity index (χ3v) is 7.93. The van der Waals surface area contributed by atoms with Crippen LogP contribution in [0.4, 0.5) is 0 Å². The molecule has 0 amide bonds. The van der Waals surface area contributed by atoms with E-state index in [0.29, 0.717) is 19.5 Å². The van der Waals surface area contributed by atoms with E-state index in [4.69, 9.17) is 19.9 Å². The second-order valence-corrected chi connectivity index (χ2v) is 11.1. The first kappa shape index (κ1) is 29.3. The molecular weight excluding hydrogens is 504 g/mol. The van der Waals surface area contributed by atoms with Gasteiger partial charge in [-0.3, -0.25) is 0 Å². The van der Waals surface area contributed by atoms with Gasteiger partial charge in [0.25, 0.3) is 0 Å². The highest BCUT2D eigenvalue weighted by atomic mass is 32.2. The molecule has 3 atom stereocenters. The molecule has 0 saturated carbocycles. The summed E-state index contributed by atoms with van der Waals surface area (Å²) in [6, 6.07) is 25.0. The smallest absolute Gasteiger partial charge is 0.335 e. The highest BCUT2D eigenvalue weighted by Gasteiger charge is 2.29. The van der Waals surface area contributed by atoms with Crippen molar-refractivity contribution in [2.75, 3.05) is 26.5 Å². The zero-order chi connectivity index (χ0) is 27.4. The summed E-state index contributed by atoms with van der Waals surface area (Å²) in [6.07, 6.45) is -1.25. The van der Waals surface area contributed by atoms with E-state index in [1.807, 2.05) is 54.6 Å². The second kappa shape index (κ2) is 14.6. The molecule has 0 heterocycles. The monoisotopic (exact) mass is 540 g/mol. The van der Waals surface area contributed by atoms with Crippen molar-refractivity contribution in [2.24, 2.45) is 5.73 Å². The van der Waals surface area contributed by atoms with Crippen LogP contribution < -0.4 is 15.8 Å². The Morgan fingerprint density at radius 3 is 2.24 bits per heavy atom. The number of nitrogens with one attached hydrogen (secondary N) is 1. The van der Waals surface area contributed by atoms with Crippen molar-refractivity contribution in [2.45, 2.75) is 42.5 Å². The predicted octanol–water partition coefficient (Wildman–Crippen LogP) is 3.15. The van der Waals surface area contributed by atoms with Crippen molar-refractivity contribution >= 4 is 15.8 Å². The molecule has 3 rings (SSSR count). The lowest BCUT2D eigenvalue weighted by molar-refractivity contribution is -0.162. The van der Waals surface area contributed by atoms with Gasteiger partial charge in [0.15, 0.2) is 15.9 Å². The van der Waals surface area contributed by atoms with Gasteiger partial charge in [0.2, 0.25) is 0 Å². The lowest BCUT2D eigenvalue weighted by Crippen LogP contribution is -2.47. The third kappa shape index (κ3) is 8.95. The lowest BCUT2D eigenvalue weighted by atomic mass is 10.0. The number of sulfone groups is 1. The lowest BCUT2D eigenvalue weighted by Gasteiger charge is -2.26. The maximum Gasteiger partial charge on any atom is 0.335 e. The summed E-state index contributed by atoms with van der Waals surface area (Å²) in [6.45, 7) is 0.821. The minimum absolute atomic E-state index is 0.0373. The Hall–Kier alpha value is -3.24. The maximum atomic E-state index is 13.1. The van der Waals surface area contributed by atoms with Gasteiger partial charge in [0, 0.05) is 26.2 Å². The van der Waals surface area contributed by atoms with Gasteiger partial charge < -0.3 is 25.3 Å². The Kier molecular flexibility index (Phi) is 11.3. The fourth-order valence-electron chi connectivity index (χ4n) is 4.00. The van der Waals surface area contributed by atoms with Crippen molar-refractivity contribution in [3.63, 3.8) is 0 Å². The zero-order valence-corrected chi connectivity index (χ0v) is 22.6. The molecule has 0 radical (unpaired) electrons. The number of esters is 1. The largest absolute Gasteiger partial charge is 0.497 e. The SMILES string of the molecule is COc1cccc(CNCC(OC(=O)[C@H](CCS(=O)(=O)c2ccccc2)OC)C(N)Cc2ccccc2)c1. The Balaban J connectivity index is 1.65. The van der Waals surface area contributed by atoms with Crippen LogP contribution in [0.3, 0.4) is 0 Å². The fraction of sp³-hybridized carbons (Fsp3) is 0.345. The molecule has 0 aliphatic heterocycles. The Bertz CT molecular complexity index is 1240. The summed E-state index contributed by atoms with van der Waals surface area (Å²) in [4.78, 5) is 13.3. The molecular formula is C29H36N2O6S. The topological polar surface area (TPSA) is 117 Å². The van der Waals surface area contributed by atoms with E-state index in [1.54, 1.807) is 25.3 Å². The average molecular weight is 541 g/mol. The molecule has 3 aromatic rings. The molecule has 0 aliphatic rings. The van der Waals surface area contributed by atoms with Crippen LogP contribution in [0, 0.1) is 0 Å². The number of benzene rings is 3. The first-order valence-corrected chi connectivity index (χ1v) is 14.1. The number of ether oxygens (including phenoxy) is 3.